The van der Waals surface area contributed by atoms with Gasteiger partial charge in [-0.1, -0.05) is 6.07 Å². The van der Waals surface area contributed by atoms with Crippen LogP contribution in [0, 0.1) is 0 Å². The van der Waals surface area contributed by atoms with Crippen LogP contribution in [0.5, 0.6) is 0 Å². The Kier molecular flexibility index (Phi) is 5.75. The number of thiocarbonyl (C=S) groups is 1. The van der Waals surface area contributed by atoms with Crippen LogP contribution in [0.1, 0.15) is 23.7 Å². The molecule has 124 valence electrons. The summed E-state index contributed by atoms with van der Waals surface area (Å²) in [4.78, 5) is 24.2. The molecule has 1 heterocycles. The largest absolute Gasteiger partial charge is 0.462 e. The predicted molar refractivity (Wildman–Crippen MR) is 91.1 cm³/mol. The van der Waals surface area contributed by atoms with Crippen molar-refractivity contribution in [2.24, 2.45) is 0 Å². The van der Waals surface area contributed by atoms with Gasteiger partial charge in [0, 0.05) is 25.8 Å². The first-order valence-corrected chi connectivity index (χ1v) is 7.82. The maximum Gasteiger partial charge on any atom is 0.340 e. The molecule has 1 aliphatic rings. The highest BCUT2D eigenvalue weighted by Gasteiger charge is 2.28. The second-order valence-electron chi connectivity index (χ2n) is 4.89. The van der Waals surface area contributed by atoms with Gasteiger partial charge < -0.3 is 15.4 Å². The van der Waals surface area contributed by atoms with Gasteiger partial charge in [0.1, 0.15) is 0 Å². The first-order chi connectivity index (χ1) is 11.1. The van der Waals surface area contributed by atoms with E-state index < -0.39 is 5.97 Å². The minimum atomic E-state index is -0.414. The average molecular weight is 336 g/mol. The number of benzene rings is 1. The van der Waals surface area contributed by atoms with E-state index >= 15 is 0 Å². The van der Waals surface area contributed by atoms with Crippen LogP contribution in [0.3, 0.4) is 0 Å². The molecule has 23 heavy (non-hydrogen) atoms. The topological polar surface area (TPSA) is 73.9 Å². The third-order valence-electron chi connectivity index (χ3n) is 3.34. The number of carbonyl (C=O) groups excluding carboxylic acids is 2. The van der Waals surface area contributed by atoms with Gasteiger partial charge in [-0.2, -0.15) is 0 Å². The van der Waals surface area contributed by atoms with Crippen LogP contribution >= 0.6 is 12.2 Å². The number of urea groups is 1. The normalized spacial score (nSPS) is 13.7. The number of hydrogen-bond donors (Lipinski definition) is 2. The predicted octanol–water partition coefficient (Wildman–Crippen LogP) is 1.82. The summed E-state index contributed by atoms with van der Waals surface area (Å²) in [5.74, 6) is -0.414. The van der Waals surface area contributed by atoms with Crippen molar-refractivity contribution in [1.29, 1.82) is 0 Å². The second-order valence-corrected chi connectivity index (χ2v) is 5.27. The van der Waals surface area contributed by atoms with Crippen molar-refractivity contribution in [3.8, 4) is 0 Å². The quantitative estimate of drug-likeness (QED) is 0.648. The standard InChI is InChI=1S/C15H20N4O3S/c1-3-22-13(20)11-6-4-7-12(10-11)17-14(21)18-8-5-9-19(18)15(23)16-2/h4,6-7,10H,3,5,8-9H2,1-2H3,(H,16,23)(H,17,21). The van der Waals surface area contributed by atoms with Gasteiger partial charge >= 0.3 is 12.0 Å². The molecule has 0 atom stereocenters. The fourth-order valence-electron chi connectivity index (χ4n) is 2.29. The smallest absolute Gasteiger partial charge is 0.340 e. The highest BCUT2D eigenvalue weighted by atomic mass is 32.1. The molecule has 0 aromatic heterocycles. The first kappa shape index (κ1) is 17.0. The van der Waals surface area contributed by atoms with E-state index in [1.807, 2.05) is 0 Å². The number of nitrogens with one attached hydrogen (secondary N) is 2. The SMILES string of the molecule is CCOC(=O)c1cccc(NC(=O)N2CCCN2C(=S)NC)c1. The zero-order chi connectivity index (χ0) is 16.8. The van der Waals surface area contributed by atoms with Crippen LogP contribution in [-0.2, 0) is 4.74 Å². The summed E-state index contributed by atoms with van der Waals surface area (Å²) >= 11 is 5.19. The molecule has 1 aromatic rings. The lowest BCUT2D eigenvalue weighted by Crippen LogP contribution is -2.49. The van der Waals surface area contributed by atoms with E-state index in [1.165, 1.54) is 0 Å². The van der Waals surface area contributed by atoms with E-state index in [1.54, 1.807) is 48.3 Å². The number of anilines is 1. The molecule has 2 rings (SSSR count). The van der Waals surface area contributed by atoms with Gasteiger partial charge in [0.25, 0.3) is 0 Å². The molecule has 1 aromatic carbocycles. The molecule has 0 saturated carbocycles. The maximum absolute atomic E-state index is 12.4. The number of ether oxygens (including phenoxy) is 1. The number of amides is 2. The van der Waals surface area contributed by atoms with Crippen molar-refractivity contribution in [2.45, 2.75) is 13.3 Å². The Morgan fingerprint density at radius 3 is 2.74 bits per heavy atom. The zero-order valence-electron chi connectivity index (χ0n) is 13.2. The number of hydrazine groups is 1. The molecule has 2 amide bonds. The fraction of sp³-hybridized carbons (Fsp3) is 0.400. The van der Waals surface area contributed by atoms with Crippen molar-refractivity contribution < 1.29 is 14.3 Å². The van der Waals surface area contributed by atoms with Crippen LogP contribution in [0.4, 0.5) is 10.5 Å². The second kappa shape index (κ2) is 7.77. The van der Waals surface area contributed by atoms with Crippen molar-refractivity contribution in [3.05, 3.63) is 29.8 Å². The zero-order valence-corrected chi connectivity index (χ0v) is 14.0. The van der Waals surface area contributed by atoms with Gasteiger partial charge in [0.2, 0.25) is 0 Å². The number of rotatable bonds is 3. The summed E-state index contributed by atoms with van der Waals surface area (Å²) < 4.78 is 4.96. The monoisotopic (exact) mass is 336 g/mol. The van der Waals surface area contributed by atoms with Crippen molar-refractivity contribution in [3.63, 3.8) is 0 Å². The summed E-state index contributed by atoms with van der Waals surface area (Å²) in [6, 6.07) is 6.36. The highest BCUT2D eigenvalue weighted by Crippen LogP contribution is 2.16. The Hall–Kier alpha value is -2.35. The molecular weight excluding hydrogens is 316 g/mol. The summed E-state index contributed by atoms with van der Waals surface area (Å²) in [5, 5.41) is 9.42. The third kappa shape index (κ3) is 4.10. The van der Waals surface area contributed by atoms with E-state index in [9.17, 15) is 9.59 Å². The Labute approximate surface area is 140 Å². The van der Waals surface area contributed by atoms with Crippen LogP contribution in [0.25, 0.3) is 0 Å². The number of esters is 1. The lowest BCUT2D eigenvalue weighted by atomic mass is 10.2. The number of hydrogen-bond acceptors (Lipinski definition) is 4. The summed E-state index contributed by atoms with van der Waals surface area (Å²) in [6.45, 7) is 3.33. The highest BCUT2D eigenvalue weighted by molar-refractivity contribution is 7.80. The molecule has 7 nitrogen and oxygen atoms in total. The maximum atomic E-state index is 12.4. The molecule has 1 aliphatic heterocycles. The van der Waals surface area contributed by atoms with Gasteiger partial charge in [0.15, 0.2) is 5.11 Å². The Bertz CT molecular complexity index is 608. The Morgan fingerprint density at radius 1 is 1.30 bits per heavy atom. The first-order valence-electron chi connectivity index (χ1n) is 7.41. The van der Waals surface area contributed by atoms with E-state index in [0.717, 1.165) is 6.42 Å². The van der Waals surface area contributed by atoms with Crippen LogP contribution < -0.4 is 10.6 Å². The van der Waals surface area contributed by atoms with E-state index in [4.69, 9.17) is 17.0 Å². The van der Waals surface area contributed by atoms with Crippen LogP contribution in [0.2, 0.25) is 0 Å². The van der Waals surface area contributed by atoms with E-state index in [-0.39, 0.29) is 6.03 Å². The van der Waals surface area contributed by atoms with Gasteiger partial charge in [-0.05, 0) is 43.8 Å². The fourth-order valence-corrected chi connectivity index (χ4v) is 2.48. The number of carbonyl (C=O) groups is 2. The Balaban J connectivity index is 2.06. The van der Waals surface area contributed by atoms with Crippen LogP contribution in [0.15, 0.2) is 24.3 Å². The molecule has 0 unspecified atom stereocenters. The molecule has 2 N–H and O–H groups in total. The molecule has 0 aliphatic carbocycles. The number of nitrogens with zero attached hydrogens (tertiary/aromatic N) is 2. The van der Waals surface area contributed by atoms with Gasteiger partial charge in [-0.15, -0.1) is 0 Å². The molecule has 0 spiro atoms. The van der Waals surface area contributed by atoms with Crippen molar-refractivity contribution in [2.75, 3.05) is 32.1 Å². The van der Waals surface area contributed by atoms with Gasteiger partial charge in [-0.3, -0.25) is 5.01 Å². The summed E-state index contributed by atoms with van der Waals surface area (Å²) in [5.41, 5.74) is 0.927. The molecule has 0 radical (unpaired) electrons. The molecule has 8 heteroatoms. The summed E-state index contributed by atoms with van der Waals surface area (Å²) in [6.07, 6.45) is 0.845. The van der Waals surface area contributed by atoms with Crippen molar-refractivity contribution >= 4 is 35.0 Å². The minimum Gasteiger partial charge on any atom is -0.462 e. The van der Waals surface area contributed by atoms with Gasteiger partial charge in [0.05, 0.1) is 12.2 Å². The molecule has 0 bridgehead atoms. The van der Waals surface area contributed by atoms with Gasteiger partial charge in [-0.25, -0.2) is 14.6 Å². The third-order valence-corrected chi connectivity index (χ3v) is 3.75. The van der Waals surface area contributed by atoms with E-state index in [2.05, 4.69) is 10.6 Å². The molecule has 1 fully saturated rings. The average Bonchev–Trinajstić information content (AvgIpc) is 3.04. The van der Waals surface area contributed by atoms with E-state index in [0.29, 0.717) is 36.1 Å². The molecule has 1 saturated heterocycles. The Morgan fingerprint density at radius 2 is 2.04 bits per heavy atom. The van der Waals surface area contributed by atoms with Crippen molar-refractivity contribution in [1.82, 2.24) is 15.3 Å². The lowest BCUT2D eigenvalue weighted by Gasteiger charge is -2.29. The minimum absolute atomic E-state index is 0.291. The summed E-state index contributed by atoms with van der Waals surface area (Å²) in [7, 11) is 1.72. The van der Waals surface area contributed by atoms with Crippen LogP contribution in [-0.4, -0.2) is 53.9 Å². The lowest BCUT2D eigenvalue weighted by molar-refractivity contribution is 0.0526. The molecular formula is C15H20N4O3S.